The molecule has 0 bridgehead atoms. The molecule has 0 aliphatic carbocycles. The second kappa shape index (κ2) is 7.03. The van der Waals surface area contributed by atoms with Crippen molar-refractivity contribution in [1.29, 1.82) is 0 Å². The number of amides is 1. The summed E-state index contributed by atoms with van der Waals surface area (Å²) in [5.41, 5.74) is 1.18. The number of carbonyl (C=O) groups is 1. The molecule has 1 amide bonds. The summed E-state index contributed by atoms with van der Waals surface area (Å²) in [5, 5.41) is 7.50. The van der Waals surface area contributed by atoms with Crippen molar-refractivity contribution in [3.8, 4) is 0 Å². The highest BCUT2D eigenvalue weighted by Crippen LogP contribution is 2.21. The lowest BCUT2D eigenvalue weighted by atomic mass is 10.2. The van der Waals surface area contributed by atoms with Gasteiger partial charge >= 0.3 is 0 Å². The van der Waals surface area contributed by atoms with E-state index in [1.165, 1.54) is 16.9 Å². The second-order valence-electron chi connectivity index (χ2n) is 5.06. The summed E-state index contributed by atoms with van der Waals surface area (Å²) in [4.78, 5) is 12.2. The summed E-state index contributed by atoms with van der Waals surface area (Å²) in [7, 11) is 0. The summed E-state index contributed by atoms with van der Waals surface area (Å²) in [6.45, 7) is 0.160. The van der Waals surface area contributed by atoms with Gasteiger partial charge in [0.25, 0.3) is 5.91 Å². The van der Waals surface area contributed by atoms with Crippen LogP contribution < -0.4 is 5.32 Å². The molecule has 1 heterocycles. The van der Waals surface area contributed by atoms with Gasteiger partial charge in [0.1, 0.15) is 5.82 Å². The van der Waals surface area contributed by atoms with Crippen LogP contribution in [-0.2, 0) is 6.54 Å². The van der Waals surface area contributed by atoms with Crippen molar-refractivity contribution in [2.45, 2.75) is 6.54 Å². The van der Waals surface area contributed by atoms with Gasteiger partial charge in [-0.3, -0.25) is 9.48 Å². The summed E-state index contributed by atoms with van der Waals surface area (Å²) < 4.78 is 15.3. The van der Waals surface area contributed by atoms with E-state index in [1.807, 2.05) is 0 Å². The average molecular weight is 364 g/mol. The van der Waals surface area contributed by atoms with Crippen molar-refractivity contribution in [3.05, 3.63) is 81.8 Å². The van der Waals surface area contributed by atoms with E-state index < -0.39 is 5.82 Å². The highest BCUT2D eigenvalue weighted by molar-refractivity contribution is 6.34. The van der Waals surface area contributed by atoms with E-state index in [1.54, 1.807) is 42.6 Å². The van der Waals surface area contributed by atoms with Crippen molar-refractivity contribution < 1.29 is 9.18 Å². The van der Waals surface area contributed by atoms with E-state index in [0.717, 1.165) is 0 Å². The molecule has 0 aliphatic rings. The maximum atomic E-state index is 13.8. The van der Waals surface area contributed by atoms with Gasteiger partial charge in [0.05, 0.1) is 29.0 Å². The standard InChI is InChI=1S/C17H12Cl2FN3O/c18-14-5-2-1-4-12(14)17(24)22-11-8-21-23(9-11)10-13-15(19)6-3-7-16(13)20/h1-9H,10H2,(H,22,24). The van der Waals surface area contributed by atoms with Crippen LogP contribution in [0.25, 0.3) is 0 Å². The van der Waals surface area contributed by atoms with E-state index in [2.05, 4.69) is 10.4 Å². The largest absolute Gasteiger partial charge is 0.319 e. The van der Waals surface area contributed by atoms with Crippen LogP contribution in [0.3, 0.4) is 0 Å². The van der Waals surface area contributed by atoms with Gasteiger partial charge in [0.2, 0.25) is 0 Å². The maximum absolute atomic E-state index is 13.8. The lowest BCUT2D eigenvalue weighted by Crippen LogP contribution is -2.12. The van der Waals surface area contributed by atoms with Gasteiger partial charge in [0.15, 0.2) is 0 Å². The smallest absolute Gasteiger partial charge is 0.257 e. The Kier molecular flexibility index (Phi) is 4.83. The number of benzene rings is 2. The highest BCUT2D eigenvalue weighted by atomic mass is 35.5. The first-order valence-electron chi connectivity index (χ1n) is 7.06. The SMILES string of the molecule is O=C(Nc1cnn(Cc2c(F)cccc2Cl)c1)c1ccccc1Cl. The molecule has 7 heteroatoms. The Labute approximate surface area is 147 Å². The minimum atomic E-state index is -0.403. The predicted octanol–water partition coefficient (Wildman–Crippen LogP) is 4.63. The molecule has 122 valence electrons. The van der Waals surface area contributed by atoms with Crippen LogP contribution in [-0.4, -0.2) is 15.7 Å². The van der Waals surface area contributed by atoms with Crippen molar-refractivity contribution in [3.63, 3.8) is 0 Å². The Hall–Kier alpha value is -2.37. The van der Waals surface area contributed by atoms with Crippen molar-refractivity contribution in [1.82, 2.24) is 9.78 Å². The third kappa shape index (κ3) is 3.58. The number of hydrogen-bond acceptors (Lipinski definition) is 2. The Morgan fingerprint density at radius 1 is 1.12 bits per heavy atom. The van der Waals surface area contributed by atoms with Gasteiger partial charge in [-0.05, 0) is 24.3 Å². The molecule has 0 atom stereocenters. The van der Waals surface area contributed by atoms with Gasteiger partial charge in [-0.15, -0.1) is 0 Å². The molecule has 0 saturated heterocycles. The molecule has 3 rings (SSSR count). The summed E-state index contributed by atoms with van der Waals surface area (Å²) in [6.07, 6.45) is 3.07. The van der Waals surface area contributed by atoms with Gasteiger partial charge in [-0.25, -0.2) is 4.39 Å². The minimum absolute atomic E-state index is 0.160. The lowest BCUT2D eigenvalue weighted by Gasteiger charge is -2.06. The fourth-order valence-electron chi connectivity index (χ4n) is 2.20. The number of anilines is 1. The zero-order chi connectivity index (χ0) is 17.1. The number of aromatic nitrogens is 2. The molecule has 0 aliphatic heterocycles. The number of hydrogen-bond donors (Lipinski definition) is 1. The second-order valence-corrected chi connectivity index (χ2v) is 5.88. The zero-order valence-corrected chi connectivity index (χ0v) is 13.9. The first-order valence-corrected chi connectivity index (χ1v) is 7.81. The average Bonchev–Trinajstić information content (AvgIpc) is 2.98. The summed E-state index contributed by atoms with van der Waals surface area (Å²) in [6, 6.07) is 11.2. The number of nitrogens with zero attached hydrogens (tertiary/aromatic N) is 2. The maximum Gasteiger partial charge on any atom is 0.257 e. The summed E-state index contributed by atoms with van der Waals surface area (Å²) in [5.74, 6) is -0.747. The molecule has 1 aromatic heterocycles. The Balaban J connectivity index is 1.74. The number of nitrogens with one attached hydrogen (secondary N) is 1. The summed E-state index contributed by atoms with van der Waals surface area (Å²) >= 11 is 12.0. The van der Waals surface area contributed by atoms with E-state index >= 15 is 0 Å². The van der Waals surface area contributed by atoms with Crippen molar-refractivity contribution >= 4 is 34.8 Å². The first kappa shape index (κ1) is 16.5. The van der Waals surface area contributed by atoms with Gasteiger partial charge in [-0.1, -0.05) is 41.4 Å². The normalized spacial score (nSPS) is 10.6. The van der Waals surface area contributed by atoms with Crippen LogP contribution in [0.4, 0.5) is 10.1 Å². The Morgan fingerprint density at radius 3 is 2.62 bits per heavy atom. The van der Waals surface area contributed by atoms with Gasteiger partial charge in [0, 0.05) is 16.8 Å². The molecule has 2 aromatic carbocycles. The lowest BCUT2D eigenvalue weighted by molar-refractivity contribution is 0.102. The molecule has 0 radical (unpaired) electrons. The number of rotatable bonds is 4. The molecule has 4 nitrogen and oxygen atoms in total. The predicted molar refractivity (Wildman–Crippen MR) is 92.1 cm³/mol. The molecular formula is C17H12Cl2FN3O. The third-order valence-corrected chi connectivity index (χ3v) is 4.08. The third-order valence-electron chi connectivity index (χ3n) is 3.39. The zero-order valence-electron chi connectivity index (χ0n) is 12.3. The van der Waals surface area contributed by atoms with Crippen LogP contribution in [0, 0.1) is 5.82 Å². The Morgan fingerprint density at radius 2 is 1.88 bits per heavy atom. The van der Waals surface area contributed by atoms with Crippen LogP contribution in [0.15, 0.2) is 54.9 Å². The molecule has 0 fully saturated rings. The topological polar surface area (TPSA) is 46.9 Å². The molecule has 3 aromatic rings. The molecule has 0 spiro atoms. The minimum Gasteiger partial charge on any atom is -0.319 e. The van der Waals surface area contributed by atoms with Crippen LogP contribution in [0.5, 0.6) is 0 Å². The fraction of sp³-hybridized carbons (Fsp3) is 0.0588. The van der Waals surface area contributed by atoms with E-state index in [9.17, 15) is 9.18 Å². The molecular weight excluding hydrogens is 352 g/mol. The first-order chi connectivity index (χ1) is 11.5. The van der Waals surface area contributed by atoms with Crippen LogP contribution in [0.2, 0.25) is 10.0 Å². The van der Waals surface area contributed by atoms with E-state index in [0.29, 0.717) is 26.9 Å². The number of carbonyl (C=O) groups excluding carboxylic acids is 1. The van der Waals surface area contributed by atoms with E-state index in [-0.39, 0.29) is 12.5 Å². The fourth-order valence-corrected chi connectivity index (χ4v) is 2.65. The van der Waals surface area contributed by atoms with Crippen molar-refractivity contribution in [2.24, 2.45) is 0 Å². The quantitative estimate of drug-likeness (QED) is 0.734. The highest BCUT2D eigenvalue weighted by Gasteiger charge is 2.12. The van der Waals surface area contributed by atoms with Crippen LogP contribution >= 0.6 is 23.2 Å². The van der Waals surface area contributed by atoms with Gasteiger partial charge < -0.3 is 5.32 Å². The van der Waals surface area contributed by atoms with E-state index in [4.69, 9.17) is 23.2 Å². The van der Waals surface area contributed by atoms with Gasteiger partial charge in [-0.2, -0.15) is 5.10 Å². The number of halogens is 3. The molecule has 0 saturated carbocycles. The molecule has 24 heavy (non-hydrogen) atoms. The van der Waals surface area contributed by atoms with Crippen LogP contribution in [0.1, 0.15) is 15.9 Å². The Bertz CT molecular complexity index is 875. The van der Waals surface area contributed by atoms with Crippen molar-refractivity contribution in [2.75, 3.05) is 5.32 Å². The molecule has 0 unspecified atom stereocenters. The monoisotopic (exact) mass is 363 g/mol. The molecule has 1 N–H and O–H groups in total.